The number of para-hydroxylation sites is 1. The summed E-state index contributed by atoms with van der Waals surface area (Å²) in [6.07, 6.45) is -1.12. The molecule has 0 fully saturated rings. The van der Waals surface area contributed by atoms with E-state index in [-0.39, 0.29) is 6.42 Å². The van der Waals surface area contributed by atoms with Gasteiger partial charge in [-0.05, 0) is 37.3 Å². The maximum atomic E-state index is 12.3. The third-order valence-corrected chi connectivity index (χ3v) is 4.10. The van der Waals surface area contributed by atoms with E-state index in [1.54, 1.807) is 30.3 Å². The number of nitrogens with one attached hydrogen (secondary N) is 1. The largest absolute Gasteiger partial charge is 0.495 e. The van der Waals surface area contributed by atoms with Crippen LogP contribution in [0.15, 0.2) is 47.0 Å². The summed E-state index contributed by atoms with van der Waals surface area (Å²) < 4.78 is 15.5. The topological polar surface area (TPSA) is 90.7 Å². The van der Waals surface area contributed by atoms with Gasteiger partial charge in [0.1, 0.15) is 11.4 Å². The van der Waals surface area contributed by atoms with Gasteiger partial charge < -0.3 is 19.3 Å². The fraction of sp³-hybridized carbons (Fsp3) is 0.211. The zero-order valence-corrected chi connectivity index (χ0v) is 15.4. The molecule has 0 bridgehead atoms. The van der Waals surface area contributed by atoms with Crippen molar-refractivity contribution >= 4 is 40.1 Å². The van der Waals surface area contributed by atoms with E-state index < -0.39 is 18.0 Å². The zero-order chi connectivity index (χ0) is 19.4. The first kappa shape index (κ1) is 18.7. The minimum Gasteiger partial charge on any atom is -0.495 e. The number of ether oxygens (including phenoxy) is 2. The van der Waals surface area contributed by atoms with E-state index in [1.807, 2.05) is 12.1 Å². The Hall–Kier alpha value is -3.06. The highest BCUT2D eigenvalue weighted by Gasteiger charge is 2.21. The van der Waals surface area contributed by atoms with Crippen molar-refractivity contribution in [2.24, 2.45) is 0 Å². The van der Waals surface area contributed by atoms with Gasteiger partial charge in [-0.15, -0.1) is 0 Å². The fourth-order valence-electron chi connectivity index (χ4n) is 2.51. The Bertz CT molecular complexity index is 985. The maximum absolute atomic E-state index is 12.3. The molecule has 0 spiro atoms. The Morgan fingerprint density at radius 2 is 2.04 bits per heavy atom. The third-order valence-electron chi connectivity index (χ3n) is 3.86. The third kappa shape index (κ3) is 4.38. The lowest BCUT2D eigenvalue weighted by atomic mass is 10.2. The number of halogens is 1. The number of fused-ring (bicyclic) bond motifs is 1. The molecular weight excluding hydrogens is 372 g/mol. The summed E-state index contributed by atoms with van der Waals surface area (Å²) in [6.45, 7) is 1.48. The molecule has 1 N–H and O–H groups in total. The van der Waals surface area contributed by atoms with E-state index in [0.29, 0.717) is 27.7 Å². The molecule has 0 saturated carbocycles. The Morgan fingerprint density at radius 3 is 2.81 bits per heavy atom. The van der Waals surface area contributed by atoms with Crippen LogP contribution in [-0.2, 0) is 20.7 Å². The molecule has 1 atom stereocenters. The van der Waals surface area contributed by atoms with Crippen molar-refractivity contribution < 1.29 is 23.6 Å². The van der Waals surface area contributed by atoms with Gasteiger partial charge in [-0.2, -0.15) is 0 Å². The van der Waals surface area contributed by atoms with Gasteiger partial charge in [0.05, 0.1) is 19.2 Å². The Kier molecular flexibility index (Phi) is 5.61. The Balaban J connectivity index is 1.62. The van der Waals surface area contributed by atoms with E-state index in [9.17, 15) is 9.59 Å². The number of benzene rings is 2. The van der Waals surface area contributed by atoms with E-state index >= 15 is 0 Å². The van der Waals surface area contributed by atoms with Gasteiger partial charge in [0.2, 0.25) is 0 Å². The van der Waals surface area contributed by atoms with Gasteiger partial charge in [0.25, 0.3) is 5.91 Å². The molecule has 27 heavy (non-hydrogen) atoms. The maximum Gasteiger partial charge on any atom is 0.312 e. The summed E-state index contributed by atoms with van der Waals surface area (Å²) in [5, 5.41) is 7.69. The van der Waals surface area contributed by atoms with Gasteiger partial charge >= 0.3 is 5.97 Å². The number of nitrogens with zero attached hydrogens (tertiary/aromatic N) is 1. The van der Waals surface area contributed by atoms with Crippen LogP contribution in [0.1, 0.15) is 12.6 Å². The number of carbonyl (C=O) groups is 2. The number of hydrogen-bond acceptors (Lipinski definition) is 6. The molecule has 7 nitrogen and oxygen atoms in total. The van der Waals surface area contributed by atoms with Crippen molar-refractivity contribution in [1.82, 2.24) is 5.16 Å². The van der Waals surface area contributed by atoms with Crippen LogP contribution < -0.4 is 10.1 Å². The minimum atomic E-state index is -1.01. The summed E-state index contributed by atoms with van der Waals surface area (Å²) in [6, 6.07) is 12.0. The summed E-state index contributed by atoms with van der Waals surface area (Å²) >= 11 is 5.94. The smallest absolute Gasteiger partial charge is 0.312 e. The van der Waals surface area contributed by atoms with Crippen LogP contribution in [-0.4, -0.2) is 30.2 Å². The summed E-state index contributed by atoms with van der Waals surface area (Å²) in [7, 11) is 1.48. The normalized spacial score (nSPS) is 11.8. The van der Waals surface area contributed by atoms with Gasteiger partial charge in [-0.25, -0.2) is 0 Å². The Labute approximate surface area is 160 Å². The van der Waals surface area contributed by atoms with Crippen molar-refractivity contribution in [2.45, 2.75) is 19.4 Å². The predicted octanol–water partition coefficient (Wildman–Crippen LogP) is 3.60. The molecule has 140 valence electrons. The summed E-state index contributed by atoms with van der Waals surface area (Å²) in [4.78, 5) is 24.5. The highest BCUT2D eigenvalue weighted by molar-refractivity contribution is 6.31. The van der Waals surface area contributed by atoms with Crippen molar-refractivity contribution in [3.05, 3.63) is 53.2 Å². The first-order valence-corrected chi connectivity index (χ1v) is 8.53. The molecule has 0 saturated heterocycles. The number of rotatable bonds is 6. The van der Waals surface area contributed by atoms with Gasteiger partial charge in [-0.3, -0.25) is 9.59 Å². The van der Waals surface area contributed by atoms with Gasteiger partial charge in [0.15, 0.2) is 11.7 Å². The SMILES string of the molecule is COc1ccc(Cl)cc1NC(=O)[C@H](C)OC(=O)Cc1noc2ccccc12. The number of amides is 1. The molecule has 1 aromatic heterocycles. The number of esters is 1. The average Bonchev–Trinajstić information content (AvgIpc) is 3.05. The van der Waals surface area contributed by atoms with Crippen molar-refractivity contribution in [1.29, 1.82) is 0 Å². The number of carbonyl (C=O) groups excluding carboxylic acids is 2. The van der Waals surface area contributed by atoms with Gasteiger partial charge in [0, 0.05) is 10.4 Å². The van der Waals surface area contributed by atoms with E-state index in [1.165, 1.54) is 14.0 Å². The van der Waals surface area contributed by atoms with E-state index in [0.717, 1.165) is 5.39 Å². The average molecular weight is 389 g/mol. The molecule has 3 rings (SSSR count). The summed E-state index contributed by atoms with van der Waals surface area (Å²) in [5.41, 5.74) is 1.43. The highest BCUT2D eigenvalue weighted by atomic mass is 35.5. The molecule has 0 aliphatic heterocycles. The van der Waals surface area contributed by atoms with Crippen LogP contribution in [0.4, 0.5) is 5.69 Å². The fourth-order valence-corrected chi connectivity index (χ4v) is 2.68. The predicted molar refractivity (Wildman–Crippen MR) is 99.9 cm³/mol. The molecule has 0 unspecified atom stereocenters. The lowest BCUT2D eigenvalue weighted by Gasteiger charge is -2.15. The molecule has 8 heteroatoms. The number of aromatic nitrogens is 1. The van der Waals surface area contributed by atoms with Crippen LogP contribution in [0, 0.1) is 0 Å². The lowest BCUT2D eigenvalue weighted by Crippen LogP contribution is -2.30. The molecule has 0 aliphatic rings. The van der Waals surface area contributed by atoms with Crippen molar-refractivity contribution in [3.63, 3.8) is 0 Å². The molecule has 2 aromatic carbocycles. The number of anilines is 1. The first-order chi connectivity index (χ1) is 13.0. The number of hydrogen-bond donors (Lipinski definition) is 1. The molecule has 3 aromatic rings. The van der Waals surface area contributed by atoms with Crippen LogP contribution in [0.5, 0.6) is 5.75 Å². The molecule has 0 radical (unpaired) electrons. The lowest BCUT2D eigenvalue weighted by molar-refractivity contribution is -0.152. The zero-order valence-electron chi connectivity index (χ0n) is 14.7. The van der Waals surface area contributed by atoms with Crippen LogP contribution in [0.2, 0.25) is 5.02 Å². The molecule has 1 heterocycles. The quantitative estimate of drug-likeness (QED) is 0.649. The number of methoxy groups -OCH3 is 1. The second kappa shape index (κ2) is 8.09. The minimum absolute atomic E-state index is 0.102. The van der Waals surface area contributed by atoms with Crippen LogP contribution in [0.25, 0.3) is 11.0 Å². The Morgan fingerprint density at radius 1 is 1.26 bits per heavy atom. The molecular formula is C19H17ClN2O5. The monoisotopic (exact) mass is 388 g/mol. The molecule has 1 amide bonds. The van der Waals surface area contributed by atoms with Gasteiger partial charge in [-0.1, -0.05) is 28.9 Å². The molecule has 0 aliphatic carbocycles. The second-order valence-electron chi connectivity index (χ2n) is 5.77. The van der Waals surface area contributed by atoms with Crippen LogP contribution >= 0.6 is 11.6 Å². The second-order valence-corrected chi connectivity index (χ2v) is 6.20. The summed E-state index contributed by atoms with van der Waals surface area (Å²) in [5.74, 6) is -0.649. The highest BCUT2D eigenvalue weighted by Crippen LogP contribution is 2.28. The standard InChI is InChI=1S/C19H17ClN2O5/c1-11(19(24)21-15-9-12(20)7-8-17(15)25-2)26-18(23)10-14-13-5-3-4-6-16(13)27-22-14/h3-9,11H,10H2,1-2H3,(H,21,24)/t11-/m0/s1. The van der Waals surface area contributed by atoms with Crippen molar-refractivity contribution in [3.8, 4) is 5.75 Å². The van der Waals surface area contributed by atoms with Crippen molar-refractivity contribution in [2.75, 3.05) is 12.4 Å². The van der Waals surface area contributed by atoms with E-state index in [4.69, 9.17) is 25.6 Å². The van der Waals surface area contributed by atoms with Crippen LogP contribution in [0.3, 0.4) is 0 Å². The van der Waals surface area contributed by atoms with E-state index in [2.05, 4.69) is 10.5 Å². The first-order valence-electron chi connectivity index (χ1n) is 8.15.